The summed E-state index contributed by atoms with van der Waals surface area (Å²) in [5.41, 5.74) is 1.06. The van der Waals surface area contributed by atoms with Crippen molar-refractivity contribution in [2.24, 2.45) is 5.92 Å². The third kappa shape index (κ3) is 3.87. The van der Waals surface area contributed by atoms with E-state index in [4.69, 9.17) is 0 Å². The number of amides is 2. The number of anilines is 1. The van der Waals surface area contributed by atoms with Gasteiger partial charge in [-0.2, -0.15) is 0 Å². The molecule has 0 atom stereocenters. The second-order valence-electron chi connectivity index (χ2n) is 4.45. The van der Waals surface area contributed by atoms with E-state index in [2.05, 4.69) is 10.6 Å². The molecule has 4 heteroatoms. The molecule has 0 spiro atoms. The van der Waals surface area contributed by atoms with Crippen LogP contribution in [0.5, 0.6) is 0 Å². The van der Waals surface area contributed by atoms with Crippen molar-refractivity contribution in [2.75, 3.05) is 11.9 Å². The molecule has 2 N–H and O–H groups in total. The smallest absolute Gasteiger partial charge is 0.253 e. The SMILES string of the molecule is CCCNC(=O)c1ccccc1NC(=O)C(C)C. The minimum absolute atomic E-state index is 0.0919. The maximum absolute atomic E-state index is 11.9. The average Bonchev–Trinajstić information content (AvgIpc) is 2.36. The Hall–Kier alpha value is -1.84. The van der Waals surface area contributed by atoms with Crippen LogP contribution in [0.25, 0.3) is 0 Å². The first kappa shape index (κ1) is 14.2. The van der Waals surface area contributed by atoms with Crippen LogP contribution >= 0.6 is 0 Å². The second-order valence-corrected chi connectivity index (χ2v) is 4.45. The number of benzene rings is 1. The van der Waals surface area contributed by atoms with E-state index in [9.17, 15) is 9.59 Å². The Kier molecular flexibility index (Phi) is 5.36. The molecule has 0 bridgehead atoms. The summed E-state index contributed by atoms with van der Waals surface area (Å²) in [6, 6.07) is 7.03. The molecule has 0 aliphatic carbocycles. The molecule has 0 aliphatic heterocycles. The zero-order chi connectivity index (χ0) is 13.5. The Morgan fingerprint density at radius 1 is 1.22 bits per heavy atom. The first-order valence-electron chi connectivity index (χ1n) is 6.24. The van der Waals surface area contributed by atoms with Crippen molar-refractivity contribution in [2.45, 2.75) is 27.2 Å². The van der Waals surface area contributed by atoms with Gasteiger partial charge in [0.05, 0.1) is 11.3 Å². The maximum atomic E-state index is 11.9. The summed E-state index contributed by atoms with van der Waals surface area (Å²) in [6.45, 7) is 6.25. The molecule has 2 amide bonds. The monoisotopic (exact) mass is 248 g/mol. The molecular weight excluding hydrogens is 228 g/mol. The van der Waals surface area contributed by atoms with Gasteiger partial charge in [-0.3, -0.25) is 9.59 Å². The Morgan fingerprint density at radius 3 is 2.50 bits per heavy atom. The maximum Gasteiger partial charge on any atom is 0.253 e. The van der Waals surface area contributed by atoms with Gasteiger partial charge in [-0.1, -0.05) is 32.9 Å². The normalized spacial score (nSPS) is 10.2. The predicted octanol–water partition coefficient (Wildman–Crippen LogP) is 2.42. The average molecular weight is 248 g/mol. The summed E-state index contributed by atoms with van der Waals surface area (Å²) in [4.78, 5) is 23.6. The van der Waals surface area contributed by atoms with Crippen LogP contribution in [0, 0.1) is 5.92 Å². The molecule has 1 aromatic carbocycles. The third-order valence-electron chi connectivity index (χ3n) is 2.49. The van der Waals surface area contributed by atoms with Crippen LogP contribution in [-0.2, 0) is 4.79 Å². The summed E-state index contributed by atoms with van der Waals surface area (Å²) in [5, 5.41) is 5.57. The third-order valence-corrected chi connectivity index (χ3v) is 2.49. The molecule has 98 valence electrons. The fraction of sp³-hybridized carbons (Fsp3) is 0.429. The Labute approximate surface area is 108 Å². The number of nitrogens with one attached hydrogen (secondary N) is 2. The van der Waals surface area contributed by atoms with Gasteiger partial charge in [0.1, 0.15) is 0 Å². The standard InChI is InChI=1S/C14H20N2O2/c1-4-9-15-14(18)11-7-5-6-8-12(11)16-13(17)10(2)3/h5-8,10H,4,9H2,1-3H3,(H,15,18)(H,16,17). The van der Waals surface area contributed by atoms with Gasteiger partial charge in [0, 0.05) is 12.5 Å². The number of carbonyl (C=O) groups excluding carboxylic acids is 2. The Balaban J connectivity index is 2.85. The van der Waals surface area contributed by atoms with Crippen molar-refractivity contribution >= 4 is 17.5 Å². The van der Waals surface area contributed by atoms with E-state index in [0.717, 1.165) is 6.42 Å². The van der Waals surface area contributed by atoms with Gasteiger partial charge in [0.15, 0.2) is 0 Å². The number of para-hydroxylation sites is 1. The lowest BCUT2D eigenvalue weighted by Crippen LogP contribution is -2.26. The molecule has 4 nitrogen and oxygen atoms in total. The summed E-state index contributed by atoms with van der Waals surface area (Å²) in [5.74, 6) is -0.362. The zero-order valence-corrected chi connectivity index (χ0v) is 11.1. The first-order chi connectivity index (χ1) is 8.56. The molecule has 0 heterocycles. The molecule has 0 radical (unpaired) electrons. The number of hydrogen-bond donors (Lipinski definition) is 2. The van der Waals surface area contributed by atoms with Crippen LogP contribution in [0.15, 0.2) is 24.3 Å². The van der Waals surface area contributed by atoms with E-state index >= 15 is 0 Å². The van der Waals surface area contributed by atoms with Crippen LogP contribution in [0.1, 0.15) is 37.6 Å². The molecule has 0 aliphatic rings. The lowest BCUT2D eigenvalue weighted by atomic mass is 10.1. The second kappa shape index (κ2) is 6.79. The molecule has 0 saturated carbocycles. The molecule has 18 heavy (non-hydrogen) atoms. The fourth-order valence-electron chi connectivity index (χ4n) is 1.40. The van der Waals surface area contributed by atoms with E-state index < -0.39 is 0 Å². The highest BCUT2D eigenvalue weighted by Crippen LogP contribution is 2.15. The van der Waals surface area contributed by atoms with E-state index in [-0.39, 0.29) is 17.7 Å². The molecule has 0 fully saturated rings. The summed E-state index contributed by atoms with van der Waals surface area (Å²) in [7, 11) is 0. The quantitative estimate of drug-likeness (QED) is 0.840. The summed E-state index contributed by atoms with van der Waals surface area (Å²) in [6.07, 6.45) is 0.881. The largest absolute Gasteiger partial charge is 0.352 e. The zero-order valence-electron chi connectivity index (χ0n) is 11.1. The highest BCUT2D eigenvalue weighted by atomic mass is 16.2. The van der Waals surface area contributed by atoms with E-state index in [1.54, 1.807) is 24.3 Å². The van der Waals surface area contributed by atoms with Gasteiger partial charge in [-0.15, -0.1) is 0 Å². The van der Waals surface area contributed by atoms with Gasteiger partial charge in [-0.25, -0.2) is 0 Å². The molecule has 1 rings (SSSR count). The number of rotatable bonds is 5. The summed E-state index contributed by atoms with van der Waals surface area (Å²) < 4.78 is 0. The van der Waals surface area contributed by atoms with E-state index in [1.807, 2.05) is 20.8 Å². The minimum atomic E-state index is -0.156. The molecule has 1 aromatic rings. The topological polar surface area (TPSA) is 58.2 Å². The van der Waals surface area contributed by atoms with Crippen molar-refractivity contribution in [3.05, 3.63) is 29.8 Å². The van der Waals surface area contributed by atoms with Crippen LogP contribution in [0.4, 0.5) is 5.69 Å². The highest BCUT2D eigenvalue weighted by Gasteiger charge is 2.13. The fourth-order valence-corrected chi connectivity index (χ4v) is 1.40. The highest BCUT2D eigenvalue weighted by molar-refractivity contribution is 6.04. The molecule has 0 saturated heterocycles. The van der Waals surface area contributed by atoms with Crippen molar-refractivity contribution < 1.29 is 9.59 Å². The van der Waals surface area contributed by atoms with Gasteiger partial charge >= 0.3 is 0 Å². The Bertz CT molecular complexity index is 428. The van der Waals surface area contributed by atoms with Crippen molar-refractivity contribution in [3.63, 3.8) is 0 Å². The van der Waals surface area contributed by atoms with Crippen molar-refractivity contribution in [3.8, 4) is 0 Å². The van der Waals surface area contributed by atoms with Gasteiger partial charge < -0.3 is 10.6 Å². The van der Waals surface area contributed by atoms with Crippen molar-refractivity contribution in [1.29, 1.82) is 0 Å². The Morgan fingerprint density at radius 2 is 1.89 bits per heavy atom. The first-order valence-corrected chi connectivity index (χ1v) is 6.24. The van der Waals surface area contributed by atoms with Crippen LogP contribution in [0.3, 0.4) is 0 Å². The van der Waals surface area contributed by atoms with Gasteiger partial charge in [0.25, 0.3) is 5.91 Å². The lowest BCUT2D eigenvalue weighted by molar-refractivity contribution is -0.118. The van der Waals surface area contributed by atoms with Crippen molar-refractivity contribution in [1.82, 2.24) is 5.32 Å². The van der Waals surface area contributed by atoms with Crippen LogP contribution in [-0.4, -0.2) is 18.4 Å². The number of hydrogen-bond acceptors (Lipinski definition) is 2. The predicted molar refractivity (Wildman–Crippen MR) is 72.5 cm³/mol. The van der Waals surface area contributed by atoms with E-state index in [1.165, 1.54) is 0 Å². The van der Waals surface area contributed by atoms with Crippen LogP contribution < -0.4 is 10.6 Å². The number of carbonyl (C=O) groups is 2. The van der Waals surface area contributed by atoms with Gasteiger partial charge in [0.2, 0.25) is 5.91 Å². The van der Waals surface area contributed by atoms with Crippen LogP contribution in [0.2, 0.25) is 0 Å². The minimum Gasteiger partial charge on any atom is -0.352 e. The summed E-state index contributed by atoms with van der Waals surface area (Å²) >= 11 is 0. The van der Waals surface area contributed by atoms with Gasteiger partial charge in [-0.05, 0) is 18.6 Å². The molecular formula is C14H20N2O2. The molecule has 0 unspecified atom stereocenters. The molecule has 0 aromatic heterocycles. The van der Waals surface area contributed by atoms with E-state index in [0.29, 0.717) is 17.8 Å². The lowest BCUT2D eigenvalue weighted by Gasteiger charge is -2.12.